The molecule has 0 aliphatic carbocycles. The molecule has 218 valence electrons. The zero-order valence-corrected chi connectivity index (χ0v) is 23.0. The van der Waals surface area contributed by atoms with Crippen molar-refractivity contribution in [2.24, 2.45) is 5.10 Å². The van der Waals surface area contributed by atoms with Gasteiger partial charge in [-0.05, 0) is 48.0 Å². The van der Waals surface area contributed by atoms with Gasteiger partial charge in [0.2, 0.25) is 11.6 Å². The van der Waals surface area contributed by atoms with E-state index in [4.69, 9.17) is 19.0 Å². The van der Waals surface area contributed by atoms with Crippen LogP contribution >= 0.6 is 0 Å². The van der Waals surface area contributed by atoms with Gasteiger partial charge in [-0.15, -0.1) is 0 Å². The second-order valence-corrected chi connectivity index (χ2v) is 9.58. The van der Waals surface area contributed by atoms with Gasteiger partial charge < -0.3 is 19.0 Å². The van der Waals surface area contributed by atoms with Crippen LogP contribution in [0.25, 0.3) is 33.5 Å². The fourth-order valence-electron chi connectivity index (χ4n) is 4.62. The number of rotatable bonds is 9. The molecule has 0 fully saturated rings. The highest BCUT2D eigenvalue weighted by Gasteiger charge is 2.23. The number of carbonyl (C=O) groups is 1. The third kappa shape index (κ3) is 5.34. The van der Waals surface area contributed by atoms with Crippen molar-refractivity contribution >= 4 is 39.7 Å². The molecule has 12 heteroatoms. The van der Waals surface area contributed by atoms with Crippen LogP contribution in [-0.2, 0) is 6.61 Å². The first-order chi connectivity index (χ1) is 21.3. The second-order valence-electron chi connectivity index (χ2n) is 9.58. The monoisotopic (exact) mass is 590 g/mol. The number of aromatic nitrogens is 2. The third-order valence-electron chi connectivity index (χ3n) is 6.78. The second kappa shape index (κ2) is 11.5. The van der Waals surface area contributed by atoms with Crippen molar-refractivity contribution in [3.05, 3.63) is 128 Å². The molecule has 0 bridgehead atoms. The number of ether oxygens (including phenoxy) is 2. The third-order valence-corrected chi connectivity index (χ3v) is 6.78. The lowest BCUT2D eigenvalue weighted by Gasteiger charge is -2.12. The van der Waals surface area contributed by atoms with Gasteiger partial charge in [0.25, 0.3) is 5.56 Å². The first-order valence-electron chi connectivity index (χ1n) is 13.2. The number of furan rings is 1. The number of carboxylic acid groups (broad SMARTS) is 1. The Hall–Kier alpha value is -6.30. The normalized spacial score (nSPS) is 11.3. The lowest BCUT2D eigenvalue weighted by atomic mass is 10.1. The van der Waals surface area contributed by atoms with Gasteiger partial charge in [0, 0.05) is 17.0 Å². The Morgan fingerprint density at radius 3 is 2.55 bits per heavy atom. The molecule has 6 rings (SSSR count). The van der Waals surface area contributed by atoms with E-state index in [-0.39, 0.29) is 35.1 Å². The molecule has 0 unspecified atom stereocenters. The number of carboxylic acids is 1. The van der Waals surface area contributed by atoms with Crippen LogP contribution in [0.4, 0.5) is 5.69 Å². The van der Waals surface area contributed by atoms with Crippen LogP contribution in [0.1, 0.15) is 21.5 Å². The van der Waals surface area contributed by atoms with Crippen molar-refractivity contribution in [1.29, 1.82) is 0 Å². The van der Waals surface area contributed by atoms with Crippen LogP contribution in [0.3, 0.4) is 0 Å². The van der Waals surface area contributed by atoms with Crippen LogP contribution in [0.15, 0.2) is 105 Å². The molecular formula is C32H22N4O8. The number of aromatic carboxylic acids is 1. The maximum Gasteiger partial charge on any atom is 0.335 e. The summed E-state index contributed by atoms with van der Waals surface area (Å²) in [5.41, 5.74) is 1.16. The van der Waals surface area contributed by atoms with E-state index in [1.54, 1.807) is 48.5 Å². The van der Waals surface area contributed by atoms with Gasteiger partial charge in [-0.1, -0.05) is 42.5 Å². The highest BCUT2D eigenvalue weighted by Crippen LogP contribution is 2.38. The molecule has 12 nitrogen and oxygen atoms in total. The minimum absolute atomic E-state index is 0.0595. The van der Waals surface area contributed by atoms with E-state index in [0.29, 0.717) is 27.8 Å². The van der Waals surface area contributed by atoms with Crippen molar-refractivity contribution in [1.82, 2.24) is 9.66 Å². The van der Waals surface area contributed by atoms with Gasteiger partial charge >= 0.3 is 11.7 Å². The van der Waals surface area contributed by atoms with Crippen LogP contribution < -0.4 is 15.0 Å². The van der Waals surface area contributed by atoms with Gasteiger partial charge in [-0.25, -0.2) is 9.78 Å². The average molecular weight is 591 g/mol. The van der Waals surface area contributed by atoms with E-state index < -0.39 is 22.1 Å². The van der Waals surface area contributed by atoms with Gasteiger partial charge in [-0.3, -0.25) is 14.9 Å². The zero-order valence-electron chi connectivity index (χ0n) is 23.0. The lowest BCUT2D eigenvalue weighted by molar-refractivity contribution is -0.386. The maximum absolute atomic E-state index is 13.6. The van der Waals surface area contributed by atoms with Gasteiger partial charge in [0.15, 0.2) is 11.5 Å². The van der Waals surface area contributed by atoms with Gasteiger partial charge in [0.05, 0.1) is 34.7 Å². The van der Waals surface area contributed by atoms with Crippen molar-refractivity contribution in [2.75, 3.05) is 7.11 Å². The summed E-state index contributed by atoms with van der Waals surface area (Å²) < 4.78 is 18.2. The smallest absolute Gasteiger partial charge is 0.335 e. The van der Waals surface area contributed by atoms with Crippen molar-refractivity contribution in [3.8, 4) is 23.1 Å². The molecule has 0 saturated carbocycles. The fraction of sp³-hybridized carbons (Fsp3) is 0.0625. The van der Waals surface area contributed by atoms with E-state index >= 15 is 0 Å². The molecule has 6 aromatic rings. The summed E-state index contributed by atoms with van der Waals surface area (Å²) in [5.74, 6) is -0.668. The van der Waals surface area contributed by atoms with Crippen LogP contribution in [0.2, 0.25) is 0 Å². The summed E-state index contributed by atoms with van der Waals surface area (Å²) in [7, 11) is 1.34. The van der Waals surface area contributed by atoms with Gasteiger partial charge in [0.1, 0.15) is 12.2 Å². The predicted molar refractivity (Wildman–Crippen MR) is 162 cm³/mol. The topological polar surface area (TPSA) is 159 Å². The number of fused-ring (bicyclic) bond motifs is 2. The molecule has 2 aromatic heterocycles. The van der Waals surface area contributed by atoms with E-state index in [0.717, 1.165) is 10.1 Å². The SMILES string of the molecule is COc1cc(C=Nn2c(-c3cc4ccccc4o3)nc3ccccc3c2=O)cc([N+](=O)[O-])c1OCc1ccc(C(=O)O)cc1. The van der Waals surface area contributed by atoms with Crippen molar-refractivity contribution < 1.29 is 28.7 Å². The molecule has 0 atom stereocenters. The van der Waals surface area contributed by atoms with Crippen molar-refractivity contribution in [3.63, 3.8) is 0 Å². The number of nitro groups is 1. The first kappa shape index (κ1) is 27.8. The molecule has 2 heterocycles. The Morgan fingerprint density at radius 2 is 1.82 bits per heavy atom. The summed E-state index contributed by atoms with van der Waals surface area (Å²) in [4.78, 5) is 40.8. The highest BCUT2D eigenvalue weighted by atomic mass is 16.6. The number of benzene rings is 4. The number of hydrogen-bond acceptors (Lipinski definition) is 9. The minimum Gasteiger partial charge on any atom is -0.493 e. The van der Waals surface area contributed by atoms with Gasteiger partial charge in [-0.2, -0.15) is 9.78 Å². The predicted octanol–water partition coefficient (Wildman–Crippen LogP) is 5.89. The molecule has 0 aliphatic rings. The molecule has 0 aliphatic heterocycles. The van der Waals surface area contributed by atoms with Crippen LogP contribution in [-0.4, -0.2) is 39.0 Å². The van der Waals surface area contributed by atoms with E-state index in [1.165, 1.54) is 37.6 Å². The molecule has 0 spiro atoms. The Balaban J connectivity index is 1.40. The highest BCUT2D eigenvalue weighted by molar-refractivity contribution is 5.88. The molecule has 44 heavy (non-hydrogen) atoms. The summed E-state index contributed by atoms with van der Waals surface area (Å²) in [6, 6.07) is 24.6. The summed E-state index contributed by atoms with van der Waals surface area (Å²) >= 11 is 0. The molecular weight excluding hydrogens is 568 g/mol. The van der Waals surface area contributed by atoms with E-state index in [1.807, 2.05) is 18.2 Å². The lowest BCUT2D eigenvalue weighted by Crippen LogP contribution is -2.20. The quantitative estimate of drug-likeness (QED) is 0.123. The zero-order chi connectivity index (χ0) is 30.8. The van der Waals surface area contributed by atoms with E-state index in [9.17, 15) is 19.7 Å². The molecule has 4 aromatic carbocycles. The largest absolute Gasteiger partial charge is 0.493 e. The first-order valence-corrected chi connectivity index (χ1v) is 13.2. The minimum atomic E-state index is -1.07. The van der Waals surface area contributed by atoms with Crippen LogP contribution in [0, 0.1) is 10.1 Å². The Morgan fingerprint density at radius 1 is 1.07 bits per heavy atom. The fourth-order valence-corrected chi connectivity index (χ4v) is 4.62. The maximum atomic E-state index is 13.6. The Labute approximate surface area is 248 Å². The van der Waals surface area contributed by atoms with E-state index in [2.05, 4.69) is 10.1 Å². The summed E-state index contributed by atoms with van der Waals surface area (Å²) in [6.45, 7) is -0.0798. The number of nitrogens with zero attached hydrogens (tertiary/aromatic N) is 4. The summed E-state index contributed by atoms with van der Waals surface area (Å²) in [5, 5.41) is 26.7. The Kier molecular flexibility index (Phi) is 7.30. The Bertz CT molecular complexity index is 2120. The number of nitro benzene ring substituents is 1. The average Bonchev–Trinajstić information content (AvgIpc) is 3.47. The van der Waals surface area contributed by atoms with Crippen LogP contribution in [0.5, 0.6) is 11.5 Å². The molecule has 0 radical (unpaired) electrons. The standard InChI is InChI=1S/C32H22N4O8/c1-42-27-15-20(14-25(36(40)41)29(27)43-18-19-10-12-21(13-11-19)32(38)39)17-33-35-30(28-16-22-6-2-5-9-26(22)44-28)34-24-8-4-3-7-23(24)31(35)37/h2-17H,18H2,1H3,(H,38,39). The number of para-hydroxylation sites is 2. The molecule has 1 N–H and O–H groups in total. The molecule has 0 amide bonds. The van der Waals surface area contributed by atoms with Crippen molar-refractivity contribution in [2.45, 2.75) is 6.61 Å². The molecule has 0 saturated heterocycles. The summed E-state index contributed by atoms with van der Waals surface area (Å²) in [6.07, 6.45) is 1.29. The number of methoxy groups -OCH3 is 1. The number of hydrogen-bond donors (Lipinski definition) is 1.